The summed E-state index contributed by atoms with van der Waals surface area (Å²) in [4.78, 5) is 15.1. The fourth-order valence-corrected chi connectivity index (χ4v) is 3.42. The summed E-state index contributed by atoms with van der Waals surface area (Å²) in [5.41, 5.74) is 2.87. The molecule has 0 fully saturated rings. The Balaban J connectivity index is 1.49. The van der Waals surface area contributed by atoms with Gasteiger partial charge in [-0.05, 0) is 46.7 Å². The number of hydrogen-bond acceptors (Lipinski definition) is 5. The van der Waals surface area contributed by atoms with Crippen molar-refractivity contribution in [3.63, 3.8) is 0 Å². The Kier molecular flexibility index (Phi) is 4.37. The van der Waals surface area contributed by atoms with Gasteiger partial charge in [-0.15, -0.1) is 0 Å². The van der Waals surface area contributed by atoms with Crippen molar-refractivity contribution < 1.29 is 14.1 Å². The minimum Gasteiger partial charge on any atom is -0.489 e. The number of non-ortho nitro benzene ring substituents is 1. The Morgan fingerprint density at radius 3 is 2.63 bits per heavy atom. The van der Waals surface area contributed by atoms with E-state index < -0.39 is 4.92 Å². The van der Waals surface area contributed by atoms with Gasteiger partial charge < -0.3 is 9.15 Å². The lowest BCUT2D eigenvalue weighted by molar-refractivity contribution is -0.384. The van der Waals surface area contributed by atoms with Crippen LogP contribution in [0.4, 0.5) is 5.69 Å². The molecule has 5 aromatic rings. The number of benzene rings is 4. The molecule has 0 aliphatic rings. The lowest BCUT2D eigenvalue weighted by Crippen LogP contribution is -1.94. The summed E-state index contributed by atoms with van der Waals surface area (Å²) in [5, 5.41) is 13.0. The smallest absolute Gasteiger partial charge is 0.273 e. The van der Waals surface area contributed by atoms with E-state index >= 15 is 0 Å². The van der Waals surface area contributed by atoms with E-state index in [1.165, 1.54) is 12.1 Å². The molecule has 4 aromatic carbocycles. The van der Waals surface area contributed by atoms with Gasteiger partial charge in [-0.1, -0.05) is 42.5 Å². The molecule has 0 aliphatic carbocycles. The van der Waals surface area contributed by atoms with Gasteiger partial charge in [-0.25, -0.2) is 4.98 Å². The van der Waals surface area contributed by atoms with Gasteiger partial charge in [0.25, 0.3) is 5.69 Å². The molecule has 1 aromatic heterocycles. The van der Waals surface area contributed by atoms with Crippen LogP contribution in [-0.4, -0.2) is 9.91 Å². The van der Waals surface area contributed by atoms with Crippen LogP contribution in [0.25, 0.3) is 33.3 Å². The van der Waals surface area contributed by atoms with Crippen molar-refractivity contribution >= 4 is 27.6 Å². The zero-order chi connectivity index (χ0) is 20.5. The highest BCUT2D eigenvalue weighted by Gasteiger charge is 2.15. The number of rotatable bonds is 5. The van der Waals surface area contributed by atoms with E-state index in [9.17, 15) is 10.1 Å². The Labute approximate surface area is 171 Å². The van der Waals surface area contributed by atoms with Crippen molar-refractivity contribution in [2.24, 2.45) is 0 Å². The van der Waals surface area contributed by atoms with E-state index in [0.717, 1.165) is 27.6 Å². The predicted octanol–water partition coefficient (Wildman–Crippen LogP) is 6.14. The maximum Gasteiger partial charge on any atom is 0.273 e. The van der Waals surface area contributed by atoms with Gasteiger partial charge in [0.15, 0.2) is 5.58 Å². The molecule has 0 unspecified atom stereocenters. The average Bonchev–Trinajstić information content (AvgIpc) is 3.21. The summed E-state index contributed by atoms with van der Waals surface area (Å²) in [6, 6.07) is 26.1. The zero-order valence-corrected chi connectivity index (χ0v) is 15.8. The van der Waals surface area contributed by atoms with Crippen LogP contribution in [0.1, 0.15) is 5.56 Å². The number of aromatic nitrogens is 1. The quantitative estimate of drug-likeness (QED) is 0.263. The third-order valence-electron chi connectivity index (χ3n) is 4.91. The lowest BCUT2D eigenvalue weighted by Gasteiger charge is -2.09. The van der Waals surface area contributed by atoms with E-state index in [-0.39, 0.29) is 5.69 Å². The SMILES string of the molecule is O=[N+]([O-])c1ccc2nc(-c3cccc4cc(OCc5ccccc5)ccc34)oc2c1. The number of ether oxygens (including phenoxy) is 1. The van der Waals surface area contributed by atoms with Crippen molar-refractivity contribution in [1.29, 1.82) is 0 Å². The molecule has 6 heteroatoms. The first-order valence-electron chi connectivity index (χ1n) is 9.42. The summed E-state index contributed by atoms with van der Waals surface area (Å²) >= 11 is 0. The number of fused-ring (bicyclic) bond motifs is 2. The summed E-state index contributed by atoms with van der Waals surface area (Å²) in [5.74, 6) is 1.20. The van der Waals surface area contributed by atoms with Gasteiger partial charge in [-0.2, -0.15) is 0 Å². The molecule has 0 saturated carbocycles. The van der Waals surface area contributed by atoms with E-state index in [2.05, 4.69) is 4.98 Å². The summed E-state index contributed by atoms with van der Waals surface area (Å²) in [7, 11) is 0. The van der Waals surface area contributed by atoms with E-state index in [1.807, 2.05) is 66.7 Å². The van der Waals surface area contributed by atoms with Crippen LogP contribution >= 0.6 is 0 Å². The maximum absolute atomic E-state index is 11.0. The molecule has 0 N–H and O–H groups in total. The third-order valence-corrected chi connectivity index (χ3v) is 4.91. The zero-order valence-electron chi connectivity index (χ0n) is 15.8. The highest BCUT2D eigenvalue weighted by Crippen LogP contribution is 2.33. The highest BCUT2D eigenvalue weighted by atomic mass is 16.6. The van der Waals surface area contributed by atoms with Gasteiger partial charge in [0.2, 0.25) is 5.89 Å². The van der Waals surface area contributed by atoms with Gasteiger partial charge in [0.05, 0.1) is 11.0 Å². The monoisotopic (exact) mass is 396 g/mol. The summed E-state index contributed by atoms with van der Waals surface area (Å²) in [6.45, 7) is 0.496. The van der Waals surface area contributed by atoms with Gasteiger partial charge in [0.1, 0.15) is 17.9 Å². The molecule has 0 spiro atoms. The van der Waals surface area contributed by atoms with E-state index in [4.69, 9.17) is 9.15 Å². The predicted molar refractivity (Wildman–Crippen MR) is 114 cm³/mol. The number of nitro benzene ring substituents is 1. The molecule has 146 valence electrons. The summed E-state index contributed by atoms with van der Waals surface area (Å²) < 4.78 is 11.8. The molecule has 0 atom stereocenters. The minimum atomic E-state index is -0.448. The third kappa shape index (κ3) is 3.35. The fraction of sp³-hybridized carbons (Fsp3) is 0.0417. The Bertz CT molecular complexity index is 1380. The standard InChI is InChI=1S/C24H16N2O4/c27-26(28)18-9-12-22-23(14-18)30-24(25-22)21-8-4-7-17-13-19(10-11-20(17)21)29-15-16-5-2-1-3-6-16/h1-14H,15H2. The Morgan fingerprint density at radius 1 is 0.933 bits per heavy atom. The fourth-order valence-electron chi connectivity index (χ4n) is 3.42. The van der Waals surface area contributed by atoms with Crippen LogP contribution < -0.4 is 4.74 Å². The van der Waals surface area contributed by atoms with Crippen LogP contribution in [0.5, 0.6) is 5.75 Å². The summed E-state index contributed by atoms with van der Waals surface area (Å²) in [6.07, 6.45) is 0. The van der Waals surface area contributed by atoms with Crippen LogP contribution in [0.2, 0.25) is 0 Å². The van der Waals surface area contributed by atoms with Crippen LogP contribution in [0, 0.1) is 10.1 Å². The number of oxazole rings is 1. The van der Waals surface area contributed by atoms with Gasteiger partial charge >= 0.3 is 0 Å². The molecule has 0 aliphatic heterocycles. The largest absolute Gasteiger partial charge is 0.489 e. The molecule has 0 bridgehead atoms. The van der Waals surface area contributed by atoms with Gasteiger partial charge in [-0.3, -0.25) is 10.1 Å². The van der Waals surface area contributed by atoms with Crippen LogP contribution in [0.3, 0.4) is 0 Å². The first-order valence-corrected chi connectivity index (χ1v) is 9.42. The topological polar surface area (TPSA) is 78.4 Å². The molecular weight excluding hydrogens is 380 g/mol. The number of hydrogen-bond donors (Lipinski definition) is 0. The van der Waals surface area contributed by atoms with Crippen molar-refractivity contribution in [3.8, 4) is 17.2 Å². The molecule has 0 saturated heterocycles. The Hall–Kier alpha value is -4.19. The Morgan fingerprint density at radius 2 is 1.80 bits per heavy atom. The second-order valence-electron chi connectivity index (χ2n) is 6.89. The van der Waals surface area contributed by atoms with Crippen molar-refractivity contribution in [1.82, 2.24) is 4.98 Å². The van der Waals surface area contributed by atoms with E-state index in [1.54, 1.807) is 6.07 Å². The van der Waals surface area contributed by atoms with Crippen molar-refractivity contribution in [2.75, 3.05) is 0 Å². The van der Waals surface area contributed by atoms with Crippen LogP contribution in [-0.2, 0) is 6.61 Å². The first-order chi connectivity index (χ1) is 14.7. The van der Waals surface area contributed by atoms with Crippen LogP contribution in [0.15, 0.2) is 89.3 Å². The second-order valence-corrected chi connectivity index (χ2v) is 6.89. The second kappa shape index (κ2) is 7.33. The normalized spacial score (nSPS) is 11.1. The maximum atomic E-state index is 11.0. The number of nitro groups is 1. The highest BCUT2D eigenvalue weighted by molar-refractivity contribution is 5.96. The van der Waals surface area contributed by atoms with E-state index in [0.29, 0.717) is 23.6 Å². The number of nitrogens with zero attached hydrogens (tertiary/aromatic N) is 2. The molecule has 1 heterocycles. The molecular formula is C24H16N2O4. The average molecular weight is 396 g/mol. The molecule has 5 rings (SSSR count). The van der Waals surface area contributed by atoms with Crippen molar-refractivity contribution in [3.05, 3.63) is 101 Å². The minimum absolute atomic E-state index is 0.0247. The van der Waals surface area contributed by atoms with Crippen molar-refractivity contribution in [2.45, 2.75) is 6.61 Å². The molecule has 0 amide bonds. The molecule has 30 heavy (non-hydrogen) atoms. The first kappa shape index (κ1) is 17.9. The molecule has 6 nitrogen and oxygen atoms in total. The molecule has 0 radical (unpaired) electrons. The lowest BCUT2D eigenvalue weighted by atomic mass is 10.0. The van der Waals surface area contributed by atoms with Gasteiger partial charge in [0, 0.05) is 11.6 Å².